The van der Waals surface area contributed by atoms with Crippen molar-refractivity contribution in [1.29, 1.82) is 0 Å². The van der Waals surface area contributed by atoms with Gasteiger partial charge in [-0.25, -0.2) is 0 Å². The predicted molar refractivity (Wildman–Crippen MR) is 77.9 cm³/mol. The molecule has 0 saturated heterocycles. The minimum Gasteiger partial charge on any atom is -0.465 e. The molecule has 0 saturated carbocycles. The summed E-state index contributed by atoms with van der Waals surface area (Å²) in [7, 11) is 0. The highest BCUT2D eigenvalue weighted by molar-refractivity contribution is 7.99. The fourth-order valence-electron chi connectivity index (χ4n) is 1.78. The fourth-order valence-corrected chi connectivity index (χ4v) is 2.53. The Bertz CT molecular complexity index is 368. The number of carbonyl (C=O) groups is 1. The SMILES string of the molecule is CCCCOC(=O)CSCc1cc(C)cc(C)c1. The van der Waals surface area contributed by atoms with E-state index < -0.39 is 0 Å². The van der Waals surface area contributed by atoms with E-state index in [1.54, 1.807) is 11.8 Å². The van der Waals surface area contributed by atoms with Crippen molar-refractivity contribution in [1.82, 2.24) is 0 Å². The van der Waals surface area contributed by atoms with E-state index in [1.165, 1.54) is 16.7 Å². The van der Waals surface area contributed by atoms with Gasteiger partial charge < -0.3 is 4.74 Å². The van der Waals surface area contributed by atoms with Gasteiger partial charge in [-0.15, -0.1) is 11.8 Å². The zero-order chi connectivity index (χ0) is 13.4. The highest BCUT2D eigenvalue weighted by Gasteiger charge is 2.03. The lowest BCUT2D eigenvalue weighted by Crippen LogP contribution is -2.08. The summed E-state index contributed by atoms with van der Waals surface area (Å²) in [6, 6.07) is 6.50. The molecule has 0 heterocycles. The molecule has 0 amide bonds. The molecule has 0 aromatic heterocycles. The number of rotatable bonds is 7. The Labute approximate surface area is 114 Å². The van der Waals surface area contributed by atoms with Crippen LogP contribution in [0.2, 0.25) is 0 Å². The second-order valence-electron chi connectivity index (χ2n) is 4.56. The zero-order valence-corrected chi connectivity index (χ0v) is 12.3. The highest BCUT2D eigenvalue weighted by atomic mass is 32.2. The van der Waals surface area contributed by atoms with Gasteiger partial charge in [0, 0.05) is 5.75 Å². The van der Waals surface area contributed by atoms with Crippen molar-refractivity contribution >= 4 is 17.7 Å². The number of benzene rings is 1. The third-order valence-electron chi connectivity index (χ3n) is 2.53. The topological polar surface area (TPSA) is 26.3 Å². The van der Waals surface area contributed by atoms with Crippen LogP contribution in [0.3, 0.4) is 0 Å². The largest absolute Gasteiger partial charge is 0.465 e. The lowest BCUT2D eigenvalue weighted by Gasteiger charge is -2.06. The minimum atomic E-state index is -0.0992. The van der Waals surface area contributed by atoms with Crippen LogP contribution < -0.4 is 0 Å². The molecule has 3 heteroatoms. The van der Waals surface area contributed by atoms with Crippen LogP contribution in [0, 0.1) is 13.8 Å². The average Bonchev–Trinajstić information content (AvgIpc) is 2.28. The summed E-state index contributed by atoms with van der Waals surface area (Å²) in [4.78, 5) is 11.4. The molecule has 2 nitrogen and oxygen atoms in total. The first-order valence-corrected chi connectivity index (χ1v) is 7.58. The number of unbranched alkanes of at least 4 members (excludes halogenated alkanes) is 1. The first kappa shape index (κ1) is 15.1. The number of hydrogen-bond donors (Lipinski definition) is 0. The summed E-state index contributed by atoms with van der Waals surface area (Å²) < 4.78 is 5.11. The predicted octanol–water partition coefficient (Wildman–Crippen LogP) is 3.88. The molecule has 0 aliphatic rings. The van der Waals surface area contributed by atoms with Crippen LogP contribution in [0.15, 0.2) is 18.2 Å². The summed E-state index contributed by atoms with van der Waals surface area (Å²) in [5.74, 6) is 1.21. The molecule has 0 bridgehead atoms. The van der Waals surface area contributed by atoms with E-state index in [4.69, 9.17) is 4.74 Å². The molecular formula is C15H22O2S. The monoisotopic (exact) mass is 266 g/mol. The van der Waals surface area contributed by atoms with Gasteiger partial charge in [-0.3, -0.25) is 4.79 Å². The summed E-state index contributed by atoms with van der Waals surface area (Å²) >= 11 is 1.62. The average molecular weight is 266 g/mol. The number of esters is 1. The van der Waals surface area contributed by atoms with E-state index >= 15 is 0 Å². The molecule has 0 aliphatic heterocycles. The van der Waals surface area contributed by atoms with Crippen LogP contribution >= 0.6 is 11.8 Å². The van der Waals surface area contributed by atoms with Crippen LogP contribution in [-0.2, 0) is 15.3 Å². The molecule has 0 radical (unpaired) electrons. The normalized spacial score (nSPS) is 10.4. The zero-order valence-electron chi connectivity index (χ0n) is 11.5. The quantitative estimate of drug-likeness (QED) is 0.553. The molecule has 18 heavy (non-hydrogen) atoms. The van der Waals surface area contributed by atoms with Crippen molar-refractivity contribution in [2.75, 3.05) is 12.4 Å². The summed E-state index contributed by atoms with van der Waals surface area (Å²) in [5, 5.41) is 0. The molecule has 100 valence electrons. The van der Waals surface area contributed by atoms with Gasteiger partial charge >= 0.3 is 5.97 Å². The van der Waals surface area contributed by atoms with E-state index in [0.29, 0.717) is 12.4 Å². The maximum absolute atomic E-state index is 11.4. The van der Waals surface area contributed by atoms with Crippen LogP contribution in [0.25, 0.3) is 0 Å². The first-order valence-electron chi connectivity index (χ1n) is 6.42. The van der Waals surface area contributed by atoms with Gasteiger partial charge in [-0.05, 0) is 25.8 Å². The van der Waals surface area contributed by atoms with Gasteiger partial charge in [0.2, 0.25) is 0 Å². The maximum Gasteiger partial charge on any atom is 0.315 e. The maximum atomic E-state index is 11.4. The van der Waals surface area contributed by atoms with Crippen molar-refractivity contribution in [3.8, 4) is 0 Å². The van der Waals surface area contributed by atoms with Gasteiger partial charge in [0.25, 0.3) is 0 Å². The second kappa shape index (κ2) is 8.20. The molecule has 0 spiro atoms. The van der Waals surface area contributed by atoms with Crippen molar-refractivity contribution in [3.63, 3.8) is 0 Å². The Kier molecular flexibility index (Phi) is 6.88. The van der Waals surface area contributed by atoms with Crippen LogP contribution in [0.5, 0.6) is 0 Å². The number of aryl methyl sites for hydroxylation is 2. The van der Waals surface area contributed by atoms with Crippen LogP contribution in [-0.4, -0.2) is 18.3 Å². The molecule has 0 fully saturated rings. The Balaban J connectivity index is 2.26. The van der Waals surface area contributed by atoms with Gasteiger partial charge in [-0.2, -0.15) is 0 Å². The molecule has 0 aliphatic carbocycles. The van der Waals surface area contributed by atoms with Crippen LogP contribution in [0.1, 0.15) is 36.5 Å². The van der Waals surface area contributed by atoms with Gasteiger partial charge in [0.15, 0.2) is 0 Å². The summed E-state index contributed by atoms with van der Waals surface area (Å²) in [6.45, 7) is 6.84. The molecule has 0 atom stereocenters. The Morgan fingerprint density at radius 3 is 2.50 bits per heavy atom. The molecule has 1 aromatic rings. The summed E-state index contributed by atoms with van der Waals surface area (Å²) in [5.41, 5.74) is 3.83. The number of thioether (sulfide) groups is 1. The number of hydrogen-bond acceptors (Lipinski definition) is 3. The van der Waals surface area contributed by atoms with Crippen molar-refractivity contribution in [2.45, 2.75) is 39.4 Å². The molecule has 0 N–H and O–H groups in total. The van der Waals surface area contributed by atoms with Gasteiger partial charge in [0.1, 0.15) is 0 Å². The minimum absolute atomic E-state index is 0.0992. The third kappa shape index (κ3) is 6.10. The molecular weight excluding hydrogens is 244 g/mol. The summed E-state index contributed by atoms with van der Waals surface area (Å²) in [6.07, 6.45) is 2.01. The van der Waals surface area contributed by atoms with Crippen molar-refractivity contribution in [2.24, 2.45) is 0 Å². The third-order valence-corrected chi connectivity index (χ3v) is 3.51. The number of ether oxygens (including phenoxy) is 1. The smallest absolute Gasteiger partial charge is 0.315 e. The van der Waals surface area contributed by atoms with E-state index in [0.717, 1.165) is 18.6 Å². The Hall–Kier alpha value is -0.960. The fraction of sp³-hybridized carbons (Fsp3) is 0.533. The lowest BCUT2D eigenvalue weighted by molar-refractivity contribution is -0.140. The van der Waals surface area contributed by atoms with Crippen molar-refractivity contribution in [3.05, 3.63) is 34.9 Å². The van der Waals surface area contributed by atoms with Crippen LogP contribution in [0.4, 0.5) is 0 Å². The molecule has 1 rings (SSSR count). The van der Waals surface area contributed by atoms with E-state index in [1.807, 2.05) is 0 Å². The highest BCUT2D eigenvalue weighted by Crippen LogP contribution is 2.16. The first-order chi connectivity index (χ1) is 8.61. The standard InChI is InChI=1S/C15H22O2S/c1-4-5-6-17-15(16)11-18-10-14-8-12(2)7-13(3)9-14/h7-9H,4-6,10-11H2,1-3H3. The van der Waals surface area contributed by atoms with Gasteiger partial charge in [-0.1, -0.05) is 42.7 Å². The van der Waals surface area contributed by atoms with E-state index in [2.05, 4.69) is 39.0 Å². The molecule has 1 aromatic carbocycles. The van der Waals surface area contributed by atoms with E-state index in [9.17, 15) is 4.79 Å². The van der Waals surface area contributed by atoms with Crippen molar-refractivity contribution < 1.29 is 9.53 Å². The van der Waals surface area contributed by atoms with E-state index in [-0.39, 0.29) is 5.97 Å². The van der Waals surface area contributed by atoms with Gasteiger partial charge in [0.05, 0.1) is 12.4 Å². The lowest BCUT2D eigenvalue weighted by atomic mass is 10.1. The number of carbonyl (C=O) groups excluding carboxylic acids is 1. The second-order valence-corrected chi connectivity index (χ2v) is 5.55. The molecule has 0 unspecified atom stereocenters. The Morgan fingerprint density at radius 1 is 1.22 bits per heavy atom. The Morgan fingerprint density at radius 2 is 1.89 bits per heavy atom.